The zero-order valence-corrected chi connectivity index (χ0v) is 20.4. The molecular weight excluding hydrogens is 458 g/mol. The summed E-state index contributed by atoms with van der Waals surface area (Å²) in [4.78, 5) is 14.6. The average Bonchev–Trinajstić information content (AvgIpc) is 3.07. The molecule has 6 nitrogen and oxygen atoms in total. The van der Waals surface area contributed by atoms with Crippen LogP contribution in [0.25, 0.3) is 6.08 Å². The molecule has 0 unspecified atom stereocenters. The first-order chi connectivity index (χ1) is 16.0. The van der Waals surface area contributed by atoms with E-state index in [1.54, 1.807) is 19.3 Å². The van der Waals surface area contributed by atoms with Gasteiger partial charge in [-0.15, -0.1) is 6.58 Å². The Labute approximate surface area is 204 Å². The van der Waals surface area contributed by atoms with Crippen molar-refractivity contribution in [2.24, 2.45) is 0 Å². The lowest BCUT2D eigenvalue weighted by Gasteiger charge is -2.12. The molecule has 1 aliphatic rings. The number of thioether (sulfide) groups is 1. The third kappa shape index (κ3) is 6.83. The number of amides is 1. The molecule has 0 N–H and O–H groups in total. The van der Waals surface area contributed by atoms with Crippen LogP contribution in [0.5, 0.6) is 17.2 Å². The number of rotatable bonds is 12. The third-order valence-corrected chi connectivity index (χ3v) is 6.11. The van der Waals surface area contributed by atoms with Crippen LogP contribution in [-0.4, -0.2) is 55.2 Å². The zero-order valence-electron chi connectivity index (χ0n) is 18.7. The number of thiocarbonyl (C=S) groups is 1. The Hall–Kier alpha value is -2.81. The van der Waals surface area contributed by atoms with Crippen molar-refractivity contribution in [1.82, 2.24) is 4.90 Å². The van der Waals surface area contributed by atoms with Crippen LogP contribution in [0, 0.1) is 6.92 Å². The first-order valence-electron chi connectivity index (χ1n) is 10.5. The smallest absolute Gasteiger partial charge is 0.266 e. The molecule has 0 bridgehead atoms. The predicted octanol–water partition coefficient (Wildman–Crippen LogP) is 4.87. The van der Waals surface area contributed by atoms with Gasteiger partial charge in [-0.25, -0.2) is 0 Å². The monoisotopic (exact) mass is 485 g/mol. The van der Waals surface area contributed by atoms with Gasteiger partial charge in [-0.05, 0) is 42.3 Å². The van der Waals surface area contributed by atoms with Crippen LogP contribution in [0.4, 0.5) is 0 Å². The van der Waals surface area contributed by atoms with E-state index in [4.69, 9.17) is 31.2 Å². The van der Waals surface area contributed by atoms with Crippen LogP contribution >= 0.6 is 24.0 Å². The van der Waals surface area contributed by atoms with E-state index in [2.05, 4.69) is 6.58 Å². The summed E-state index contributed by atoms with van der Waals surface area (Å²) in [5.41, 5.74) is 1.92. The van der Waals surface area contributed by atoms with Gasteiger partial charge in [-0.3, -0.25) is 9.69 Å². The Bertz CT molecular complexity index is 1040. The van der Waals surface area contributed by atoms with E-state index in [9.17, 15) is 4.79 Å². The number of hydrogen-bond donors (Lipinski definition) is 0. The molecule has 2 aromatic rings. The topological polar surface area (TPSA) is 57.2 Å². The van der Waals surface area contributed by atoms with Crippen molar-refractivity contribution in [2.75, 3.05) is 40.1 Å². The van der Waals surface area contributed by atoms with E-state index in [1.165, 1.54) is 16.7 Å². The second-order valence-corrected chi connectivity index (χ2v) is 8.74. The van der Waals surface area contributed by atoms with Gasteiger partial charge in [0, 0.05) is 6.54 Å². The molecule has 0 saturated carbocycles. The molecular formula is C25H27NO5S2. The van der Waals surface area contributed by atoms with Crippen molar-refractivity contribution in [1.29, 1.82) is 0 Å². The molecule has 2 aromatic carbocycles. The largest absolute Gasteiger partial charge is 0.493 e. The summed E-state index contributed by atoms with van der Waals surface area (Å²) in [5.74, 6) is 1.93. The van der Waals surface area contributed by atoms with Crippen LogP contribution in [0.1, 0.15) is 11.1 Å². The average molecular weight is 486 g/mol. The standard InChI is InChI=1S/C25H27NO5S2/c1-4-11-26-24(27)23(33-25(26)32)17-19-9-10-21(22(16-19)28-3)31-15-13-29-12-14-30-20-8-6-5-7-18(20)2/h4-10,16-17H,1,11-15H2,2-3H3. The van der Waals surface area contributed by atoms with Gasteiger partial charge in [0.1, 0.15) is 23.3 Å². The quantitative estimate of drug-likeness (QED) is 0.184. The first kappa shape index (κ1) is 24.8. The summed E-state index contributed by atoms with van der Waals surface area (Å²) in [5, 5.41) is 0. The van der Waals surface area contributed by atoms with Gasteiger partial charge in [0.05, 0.1) is 25.2 Å². The molecule has 0 radical (unpaired) electrons. The zero-order chi connectivity index (χ0) is 23.6. The van der Waals surface area contributed by atoms with Gasteiger partial charge < -0.3 is 18.9 Å². The van der Waals surface area contributed by atoms with Gasteiger partial charge in [-0.1, -0.05) is 54.3 Å². The highest BCUT2D eigenvalue weighted by Gasteiger charge is 2.31. The highest BCUT2D eigenvalue weighted by molar-refractivity contribution is 8.26. The normalized spacial score (nSPS) is 14.6. The summed E-state index contributed by atoms with van der Waals surface area (Å²) in [6.45, 7) is 7.82. The Morgan fingerprint density at radius 2 is 1.76 bits per heavy atom. The number of hydrogen-bond acceptors (Lipinski definition) is 7. The van der Waals surface area contributed by atoms with Crippen LogP contribution in [-0.2, 0) is 9.53 Å². The Morgan fingerprint density at radius 1 is 1.03 bits per heavy atom. The van der Waals surface area contributed by atoms with Crippen molar-refractivity contribution in [2.45, 2.75) is 6.92 Å². The Morgan fingerprint density at radius 3 is 2.45 bits per heavy atom. The molecule has 3 rings (SSSR count). The second kappa shape index (κ2) is 12.4. The number of nitrogens with zero attached hydrogens (tertiary/aromatic N) is 1. The van der Waals surface area contributed by atoms with E-state index in [1.807, 2.05) is 49.4 Å². The number of carbonyl (C=O) groups is 1. The molecule has 1 aliphatic heterocycles. The lowest BCUT2D eigenvalue weighted by atomic mass is 10.2. The number of ether oxygens (including phenoxy) is 4. The first-order valence-corrected chi connectivity index (χ1v) is 11.7. The van der Waals surface area contributed by atoms with Crippen LogP contribution in [0.3, 0.4) is 0 Å². The van der Waals surface area contributed by atoms with E-state index in [0.717, 1.165) is 16.9 Å². The maximum Gasteiger partial charge on any atom is 0.266 e. The number of benzene rings is 2. The number of carbonyl (C=O) groups excluding carboxylic acids is 1. The van der Waals surface area contributed by atoms with E-state index in [0.29, 0.717) is 53.7 Å². The molecule has 1 saturated heterocycles. The van der Waals surface area contributed by atoms with Gasteiger partial charge in [0.25, 0.3) is 5.91 Å². The van der Waals surface area contributed by atoms with Crippen molar-refractivity contribution < 1.29 is 23.7 Å². The van der Waals surface area contributed by atoms with E-state index in [-0.39, 0.29) is 5.91 Å². The maximum absolute atomic E-state index is 12.5. The maximum atomic E-state index is 12.5. The molecule has 1 amide bonds. The third-order valence-electron chi connectivity index (χ3n) is 4.73. The molecule has 0 atom stereocenters. The fourth-order valence-corrected chi connectivity index (χ4v) is 4.35. The molecule has 174 valence electrons. The minimum atomic E-state index is -0.118. The van der Waals surface area contributed by atoms with Gasteiger partial charge in [0.2, 0.25) is 0 Å². The van der Waals surface area contributed by atoms with Crippen molar-refractivity contribution in [3.05, 3.63) is 71.2 Å². The lowest BCUT2D eigenvalue weighted by Crippen LogP contribution is -2.27. The summed E-state index contributed by atoms with van der Waals surface area (Å²) in [7, 11) is 1.58. The van der Waals surface area contributed by atoms with Crippen LogP contribution < -0.4 is 14.2 Å². The van der Waals surface area contributed by atoms with Crippen molar-refractivity contribution in [3.63, 3.8) is 0 Å². The highest BCUT2D eigenvalue weighted by atomic mass is 32.2. The summed E-state index contributed by atoms with van der Waals surface area (Å²) >= 11 is 6.56. The van der Waals surface area contributed by atoms with E-state index < -0.39 is 0 Å². The molecule has 1 heterocycles. The number of aryl methyl sites for hydroxylation is 1. The summed E-state index contributed by atoms with van der Waals surface area (Å²) < 4.78 is 23.1. The van der Waals surface area contributed by atoms with Gasteiger partial charge >= 0.3 is 0 Å². The van der Waals surface area contributed by atoms with Gasteiger partial charge in [-0.2, -0.15) is 0 Å². The van der Waals surface area contributed by atoms with E-state index >= 15 is 0 Å². The summed E-state index contributed by atoms with van der Waals surface area (Å²) in [6, 6.07) is 13.4. The van der Waals surface area contributed by atoms with Crippen molar-refractivity contribution in [3.8, 4) is 17.2 Å². The molecule has 8 heteroatoms. The molecule has 1 fully saturated rings. The minimum absolute atomic E-state index is 0.118. The minimum Gasteiger partial charge on any atom is -0.493 e. The molecule has 33 heavy (non-hydrogen) atoms. The Balaban J connectivity index is 1.47. The van der Waals surface area contributed by atoms with Crippen molar-refractivity contribution >= 4 is 40.3 Å². The van der Waals surface area contributed by atoms with Gasteiger partial charge in [0.15, 0.2) is 11.5 Å². The molecule has 0 spiro atoms. The predicted molar refractivity (Wildman–Crippen MR) is 136 cm³/mol. The number of para-hydroxylation sites is 1. The molecule has 0 aromatic heterocycles. The fourth-order valence-electron chi connectivity index (χ4n) is 3.07. The van der Waals surface area contributed by atoms with Crippen LogP contribution in [0.15, 0.2) is 60.0 Å². The lowest BCUT2D eigenvalue weighted by molar-refractivity contribution is -0.121. The summed E-state index contributed by atoms with van der Waals surface area (Å²) in [6.07, 6.45) is 3.45. The molecule has 0 aliphatic carbocycles. The SMILES string of the molecule is C=CCN1C(=O)C(=Cc2ccc(OCCOCCOc3ccccc3C)c(OC)c2)SC1=S. The highest BCUT2D eigenvalue weighted by Crippen LogP contribution is 2.34. The Kier molecular flexibility index (Phi) is 9.35. The fraction of sp³-hybridized carbons (Fsp3) is 0.280. The number of methoxy groups -OCH3 is 1. The second-order valence-electron chi connectivity index (χ2n) is 7.07. The van der Waals surface area contributed by atoms with Crippen LogP contribution in [0.2, 0.25) is 0 Å².